The molecule has 0 atom stereocenters. The minimum absolute atomic E-state index is 0.0134. The lowest BCUT2D eigenvalue weighted by Gasteiger charge is -2.07. The van der Waals surface area contributed by atoms with Crippen LogP contribution in [-0.4, -0.2) is 11.6 Å². The molecule has 44 heavy (non-hydrogen) atoms. The van der Waals surface area contributed by atoms with Crippen LogP contribution < -0.4 is 0 Å². The average Bonchev–Trinajstić information content (AvgIpc) is 3.08. The summed E-state index contributed by atoms with van der Waals surface area (Å²) in [5, 5.41) is 0. The van der Waals surface area contributed by atoms with Gasteiger partial charge in [0.05, 0.1) is 0 Å². The number of carbonyl (C=O) groups is 2. The van der Waals surface area contributed by atoms with Crippen molar-refractivity contribution >= 4 is 11.6 Å². The number of hydrogen-bond acceptors (Lipinski definition) is 2. The maximum atomic E-state index is 13.1. The molecule has 222 valence electrons. The topological polar surface area (TPSA) is 34.1 Å². The molecule has 0 aliphatic carbocycles. The normalized spacial score (nSPS) is 10.3. The summed E-state index contributed by atoms with van der Waals surface area (Å²) in [6.07, 6.45) is 11.5. The van der Waals surface area contributed by atoms with Gasteiger partial charge in [0.25, 0.3) is 0 Å². The van der Waals surface area contributed by atoms with E-state index in [0.29, 0.717) is 22.3 Å². The molecule has 2 nitrogen and oxygen atoms in total. The highest BCUT2D eigenvalue weighted by Crippen LogP contribution is 2.23. The first-order valence-corrected chi connectivity index (χ1v) is 16.1. The Morgan fingerprint density at radius 3 is 1.07 bits per heavy atom. The van der Waals surface area contributed by atoms with Crippen LogP contribution in [0.2, 0.25) is 0 Å². The van der Waals surface area contributed by atoms with Crippen molar-refractivity contribution in [2.45, 2.75) is 78.1 Å². The van der Waals surface area contributed by atoms with Crippen molar-refractivity contribution in [1.29, 1.82) is 0 Å². The van der Waals surface area contributed by atoms with E-state index in [-0.39, 0.29) is 11.6 Å². The predicted molar refractivity (Wildman–Crippen MR) is 183 cm³/mol. The summed E-state index contributed by atoms with van der Waals surface area (Å²) in [6.45, 7) is 4.42. The highest BCUT2D eigenvalue weighted by atomic mass is 16.1. The Hall–Kier alpha value is -4.66. The highest BCUT2D eigenvalue weighted by Gasteiger charge is 2.11. The molecule has 2 heteroatoms. The molecule has 4 aromatic rings. The molecule has 0 amide bonds. The molecule has 0 aliphatic heterocycles. The molecule has 0 N–H and O–H groups in total. The smallest absolute Gasteiger partial charge is 0.193 e. The monoisotopic (exact) mass is 578 g/mol. The summed E-state index contributed by atoms with van der Waals surface area (Å²) < 4.78 is 0. The van der Waals surface area contributed by atoms with Gasteiger partial charge >= 0.3 is 0 Å². The predicted octanol–water partition coefficient (Wildman–Crippen LogP) is 10.5. The average molecular weight is 579 g/mol. The van der Waals surface area contributed by atoms with Gasteiger partial charge in [-0.3, -0.25) is 9.59 Å². The van der Waals surface area contributed by atoms with E-state index in [4.69, 9.17) is 0 Å². The zero-order valence-electron chi connectivity index (χ0n) is 26.1. The summed E-state index contributed by atoms with van der Waals surface area (Å²) in [6, 6.07) is 30.3. The quantitative estimate of drug-likeness (QED) is 0.0898. The van der Waals surface area contributed by atoms with E-state index < -0.39 is 0 Å². The van der Waals surface area contributed by atoms with Crippen LogP contribution in [-0.2, 0) is 0 Å². The fourth-order valence-corrected chi connectivity index (χ4v) is 4.98. The minimum atomic E-state index is -0.0134. The van der Waals surface area contributed by atoms with Crippen LogP contribution >= 0.6 is 0 Å². The first-order chi connectivity index (χ1) is 21.6. The molecule has 4 aromatic carbocycles. The van der Waals surface area contributed by atoms with Gasteiger partial charge in [-0.25, -0.2) is 0 Å². The fourth-order valence-electron chi connectivity index (χ4n) is 4.98. The van der Waals surface area contributed by atoms with E-state index in [1.165, 1.54) is 38.5 Å². The highest BCUT2D eigenvalue weighted by molar-refractivity contribution is 6.10. The Bertz CT molecular complexity index is 1490. The van der Waals surface area contributed by atoms with Gasteiger partial charge in [0.1, 0.15) is 0 Å². The van der Waals surface area contributed by atoms with Crippen LogP contribution in [0.1, 0.15) is 121 Å². The van der Waals surface area contributed by atoms with Crippen molar-refractivity contribution in [3.63, 3.8) is 0 Å². The van der Waals surface area contributed by atoms with E-state index in [9.17, 15) is 9.59 Å². The SMILES string of the molecule is CCCCCCC#Cc1ccc(C(=O)c2ccc(-c3ccc(C(=O)c4ccc(C#CCCCCCC)cc4)cc3)cc2)cc1. The molecule has 0 bridgehead atoms. The zero-order chi connectivity index (χ0) is 31.0. The van der Waals surface area contributed by atoms with Gasteiger partial charge in [0.2, 0.25) is 0 Å². The summed E-state index contributed by atoms with van der Waals surface area (Å²) >= 11 is 0. The second-order valence-corrected chi connectivity index (χ2v) is 11.2. The maximum Gasteiger partial charge on any atom is 0.193 e. The van der Waals surface area contributed by atoms with Gasteiger partial charge in [-0.05, 0) is 72.5 Å². The van der Waals surface area contributed by atoms with Crippen LogP contribution in [0, 0.1) is 23.7 Å². The number of carbonyl (C=O) groups excluding carboxylic acids is 2. The largest absolute Gasteiger partial charge is 0.289 e. The third-order valence-corrected chi connectivity index (χ3v) is 7.70. The number of benzene rings is 4. The second-order valence-electron chi connectivity index (χ2n) is 11.2. The van der Waals surface area contributed by atoms with Crippen LogP contribution in [0.15, 0.2) is 97.1 Å². The summed E-state index contributed by atoms with van der Waals surface area (Å²) in [5.74, 6) is 12.8. The first-order valence-electron chi connectivity index (χ1n) is 16.1. The Morgan fingerprint density at radius 1 is 0.432 bits per heavy atom. The molecular weight excluding hydrogens is 536 g/mol. The Labute approximate surface area is 263 Å². The van der Waals surface area contributed by atoms with Gasteiger partial charge in [-0.15, -0.1) is 0 Å². The van der Waals surface area contributed by atoms with Crippen LogP contribution in [0.3, 0.4) is 0 Å². The Kier molecular flexibility index (Phi) is 12.8. The second kappa shape index (κ2) is 17.5. The van der Waals surface area contributed by atoms with Gasteiger partial charge < -0.3 is 0 Å². The third-order valence-electron chi connectivity index (χ3n) is 7.70. The van der Waals surface area contributed by atoms with E-state index in [1.54, 1.807) is 0 Å². The van der Waals surface area contributed by atoms with E-state index >= 15 is 0 Å². The molecule has 0 radical (unpaired) electrons. The molecule has 0 spiro atoms. The standard InChI is InChI=1S/C42H42O2/c1-3-5-7-9-11-13-15-33-17-21-37(22-18-33)41(43)39-29-25-35(26-30-39)36-27-31-40(32-28-36)42(44)38-23-19-34(20-24-38)16-14-12-10-8-6-4-2/h17-32H,3-12H2,1-2H3. The summed E-state index contributed by atoms with van der Waals surface area (Å²) in [5.41, 5.74) is 6.42. The Balaban J connectivity index is 1.32. The first kappa shape index (κ1) is 32.3. The maximum absolute atomic E-state index is 13.1. The van der Waals surface area contributed by atoms with Crippen molar-refractivity contribution in [3.8, 4) is 34.8 Å². The molecule has 0 saturated carbocycles. The van der Waals surface area contributed by atoms with Crippen molar-refractivity contribution in [2.24, 2.45) is 0 Å². The molecule has 0 fully saturated rings. The number of unbranched alkanes of at least 4 members (excludes halogenated alkanes) is 8. The van der Waals surface area contributed by atoms with Gasteiger partial charge in [0, 0.05) is 46.2 Å². The minimum Gasteiger partial charge on any atom is -0.289 e. The molecule has 0 aromatic heterocycles. The van der Waals surface area contributed by atoms with Gasteiger partial charge in [-0.2, -0.15) is 0 Å². The van der Waals surface area contributed by atoms with Crippen molar-refractivity contribution in [3.05, 3.63) is 130 Å². The van der Waals surface area contributed by atoms with Crippen molar-refractivity contribution in [1.82, 2.24) is 0 Å². The van der Waals surface area contributed by atoms with Gasteiger partial charge in [0.15, 0.2) is 11.6 Å². The number of hydrogen-bond donors (Lipinski definition) is 0. The van der Waals surface area contributed by atoms with Crippen molar-refractivity contribution < 1.29 is 9.59 Å². The molecule has 0 aliphatic rings. The van der Waals surface area contributed by atoms with Crippen LogP contribution in [0.25, 0.3) is 11.1 Å². The molecular formula is C42H42O2. The molecule has 0 unspecified atom stereocenters. The number of ketones is 2. The van der Waals surface area contributed by atoms with Gasteiger partial charge in [-0.1, -0.05) is 125 Å². The van der Waals surface area contributed by atoms with Crippen LogP contribution in [0.5, 0.6) is 0 Å². The lowest BCUT2D eigenvalue weighted by molar-refractivity contribution is 0.103. The third kappa shape index (κ3) is 9.69. The van der Waals surface area contributed by atoms with Crippen LogP contribution in [0.4, 0.5) is 0 Å². The fraction of sp³-hybridized carbons (Fsp3) is 0.286. The summed E-state index contributed by atoms with van der Waals surface area (Å²) in [4.78, 5) is 26.1. The molecule has 0 saturated heterocycles. The zero-order valence-corrected chi connectivity index (χ0v) is 26.1. The molecule has 0 heterocycles. The van der Waals surface area contributed by atoms with E-state index in [1.807, 2.05) is 97.1 Å². The Morgan fingerprint density at radius 2 is 0.750 bits per heavy atom. The number of rotatable bonds is 13. The molecule has 4 rings (SSSR count). The van der Waals surface area contributed by atoms with Crippen molar-refractivity contribution in [2.75, 3.05) is 0 Å². The van der Waals surface area contributed by atoms with E-state index in [2.05, 4.69) is 37.5 Å². The lowest BCUT2D eigenvalue weighted by Crippen LogP contribution is -2.01. The van der Waals surface area contributed by atoms with E-state index in [0.717, 1.165) is 47.9 Å². The summed E-state index contributed by atoms with van der Waals surface area (Å²) in [7, 11) is 0. The lowest BCUT2D eigenvalue weighted by atomic mass is 9.97.